The molecule has 0 radical (unpaired) electrons. The summed E-state index contributed by atoms with van der Waals surface area (Å²) in [5.41, 5.74) is 0.890. The highest BCUT2D eigenvalue weighted by Gasteiger charge is 2.32. The molecule has 2 heterocycles. The molecule has 1 aliphatic rings. The summed E-state index contributed by atoms with van der Waals surface area (Å²) in [5.74, 6) is -0.315. The Morgan fingerprint density at radius 3 is 2.88 bits per heavy atom. The van der Waals surface area contributed by atoms with Gasteiger partial charge in [-0.2, -0.15) is 0 Å². The van der Waals surface area contributed by atoms with E-state index in [1.807, 2.05) is 13.8 Å². The average Bonchev–Trinajstić information content (AvgIpc) is 2.99. The quantitative estimate of drug-likeness (QED) is 0.880. The van der Waals surface area contributed by atoms with Crippen molar-refractivity contribution >= 4 is 16.8 Å². The van der Waals surface area contributed by atoms with E-state index in [0.29, 0.717) is 12.1 Å². The molecule has 0 aliphatic carbocycles. The second kappa shape index (κ2) is 6.91. The molecule has 1 aromatic heterocycles. The van der Waals surface area contributed by atoms with E-state index in [1.54, 1.807) is 12.3 Å². The highest BCUT2D eigenvalue weighted by molar-refractivity contribution is 5.94. The van der Waals surface area contributed by atoms with E-state index in [1.165, 1.54) is 12.1 Å². The van der Waals surface area contributed by atoms with E-state index in [0.717, 1.165) is 43.8 Å². The Morgan fingerprint density at radius 2 is 2.12 bits per heavy atom. The Kier molecular flexibility index (Phi) is 4.87. The normalized spacial score (nSPS) is 16.5. The van der Waals surface area contributed by atoms with Gasteiger partial charge in [-0.15, -0.1) is 0 Å². The molecule has 5 nitrogen and oxygen atoms in total. The molecule has 0 spiro atoms. The molecule has 0 bridgehead atoms. The minimum atomic E-state index is -0.693. The molecule has 6 heteroatoms. The van der Waals surface area contributed by atoms with E-state index in [-0.39, 0.29) is 11.7 Å². The lowest BCUT2D eigenvalue weighted by atomic mass is 9.83. The van der Waals surface area contributed by atoms with Crippen molar-refractivity contribution in [2.45, 2.75) is 19.3 Å². The number of fused-ring (bicyclic) bond motifs is 1. The van der Waals surface area contributed by atoms with Crippen molar-refractivity contribution in [3.05, 3.63) is 35.8 Å². The maximum Gasteiger partial charge on any atom is 0.230 e. The molecule has 24 heavy (non-hydrogen) atoms. The third kappa shape index (κ3) is 3.44. The van der Waals surface area contributed by atoms with Crippen LogP contribution in [0.15, 0.2) is 24.4 Å². The van der Waals surface area contributed by atoms with Gasteiger partial charge in [-0.3, -0.25) is 9.69 Å². The molecule has 0 saturated carbocycles. The lowest BCUT2D eigenvalue weighted by Gasteiger charge is -2.28. The van der Waals surface area contributed by atoms with Gasteiger partial charge in [0, 0.05) is 43.3 Å². The van der Waals surface area contributed by atoms with Crippen LogP contribution < -0.4 is 5.32 Å². The molecule has 2 N–H and O–H groups in total. The number of carbonyl (C=O) groups is 1. The van der Waals surface area contributed by atoms with Gasteiger partial charge in [-0.25, -0.2) is 4.39 Å². The maximum absolute atomic E-state index is 13.3. The van der Waals surface area contributed by atoms with Gasteiger partial charge in [-0.1, -0.05) is 0 Å². The number of rotatable bonds is 5. The van der Waals surface area contributed by atoms with Crippen LogP contribution in [0.25, 0.3) is 10.9 Å². The van der Waals surface area contributed by atoms with Crippen LogP contribution in [0.2, 0.25) is 0 Å². The number of hydrogen-bond donors (Lipinski definition) is 2. The van der Waals surface area contributed by atoms with Gasteiger partial charge in [0.05, 0.1) is 18.6 Å². The summed E-state index contributed by atoms with van der Waals surface area (Å²) in [6.45, 7) is 8.55. The van der Waals surface area contributed by atoms with Gasteiger partial charge in [0.25, 0.3) is 0 Å². The predicted molar refractivity (Wildman–Crippen MR) is 91.6 cm³/mol. The Hall–Kier alpha value is -1.92. The van der Waals surface area contributed by atoms with Gasteiger partial charge in [0.1, 0.15) is 5.82 Å². The number of carbonyl (C=O) groups excluding carboxylic acids is 1. The molecule has 1 fully saturated rings. The van der Waals surface area contributed by atoms with Crippen molar-refractivity contribution in [1.82, 2.24) is 15.2 Å². The molecule has 3 rings (SSSR count). The summed E-state index contributed by atoms with van der Waals surface area (Å²) in [6.07, 6.45) is 1.80. The minimum Gasteiger partial charge on any atom is -0.379 e. The number of aromatic nitrogens is 1. The molecule has 1 aromatic carbocycles. The zero-order chi connectivity index (χ0) is 17.2. The van der Waals surface area contributed by atoms with E-state index in [2.05, 4.69) is 15.2 Å². The molecule has 130 valence electrons. The summed E-state index contributed by atoms with van der Waals surface area (Å²) in [5, 5.41) is 3.90. The van der Waals surface area contributed by atoms with Gasteiger partial charge < -0.3 is 15.0 Å². The highest BCUT2D eigenvalue weighted by atomic mass is 19.1. The van der Waals surface area contributed by atoms with Crippen LogP contribution in [0, 0.1) is 5.82 Å². The number of aromatic amines is 1. The highest BCUT2D eigenvalue weighted by Crippen LogP contribution is 2.31. The zero-order valence-electron chi connectivity index (χ0n) is 14.2. The summed E-state index contributed by atoms with van der Waals surface area (Å²) in [7, 11) is 0. The van der Waals surface area contributed by atoms with Crippen molar-refractivity contribution in [2.75, 3.05) is 39.4 Å². The summed E-state index contributed by atoms with van der Waals surface area (Å²) in [6, 6.07) is 4.59. The summed E-state index contributed by atoms with van der Waals surface area (Å²) >= 11 is 0. The van der Waals surface area contributed by atoms with Crippen LogP contribution in [0.1, 0.15) is 19.4 Å². The van der Waals surface area contributed by atoms with Gasteiger partial charge >= 0.3 is 0 Å². The average molecular weight is 333 g/mol. The number of halogens is 1. The van der Waals surface area contributed by atoms with Crippen molar-refractivity contribution in [3.8, 4) is 0 Å². The Balaban J connectivity index is 1.65. The zero-order valence-corrected chi connectivity index (χ0v) is 14.2. The van der Waals surface area contributed by atoms with Crippen molar-refractivity contribution < 1.29 is 13.9 Å². The molecular weight excluding hydrogens is 309 g/mol. The predicted octanol–water partition coefficient (Wildman–Crippen LogP) is 2.03. The number of benzene rings is 1. The molecule has 1 saturated heterocycles. The minimum absolute atomic E-state index is 0.0269. The van der Waals surface area contributed by atoms with E-state index in [9.17, 15) is 9.18 Å². The maximum atomic E-state index is 13.3. The van der Waals surface area contributed by atoms with E-state index < -0.39 is 5.41 Å². The standard InChI is InChI=1S/C18H24FN3O2/c1-18(2,15-12-21-16-11-13(19)3-4-14(15)16)17(23)20-5-6-22-7-9-24-10-8-22/h3-4,11-12,21H,5-10H2,1-2H3,(H,20,23). The first kappa shape index (κ1) is 16.9. The number of ether oxygens (including phenoxy) is 1. The SMILES string of the molecule is CC(C)(C(=O)NCCN1CCOCC1)c1c[nH]c2cc(F)ccc12. The van der Waals surface area contributed by atoms with Crippen molar-refractivity contribution in [1.29, 1.82) is 0 Å². The largest absolute Gasteiger partial charge is 0.379 e. The second-order valence-corrected chi connectivity index (χ2v) is 6.73. The lowest BCUT2D eigenvalue weighted by Crippen LogP contribution is -2.45. The van der Waals surface area contributed by atoms with Crippen LogP contribution in [0.3, 0.4) is 0 Å². The fraction of sp³-hybridized carbons (Fsp3) is 0.500. The Morgan fingerprint density at radius 1 is 1.38 bits per heavy atom. The van der Waals surface area contributed by atoms with Crippen molar-refractivity contribution in [2.24, 2.45) is 0 Å². The molecule has 1 aliphatic heterocycles. The number of nitrogens with zero attached hydrogens (tertiary/aromatic N) is 1. The third-order valence-electron chi connectivity index (χ3n) is 4.70. The summed E-state index contributed by atoms with van der Waals surface area (Å²) in [4.78, 5) is 18.0. The fourth-order valence-electron chi connectivity index (χ4n) is 3.11. The van der Waals surface area contributed by atoms with Crippen molar-refractivity contribution in [3.63, 3.8) is 0 Å². The van der Waals surface area contributed by atoms with Crippen LogP contribution in [0.4, 0.5) is 4.39 Å². The first-order valence-electron chi connectivity index (χ1n) is 8.34. The van der Waals surface area contributed by atoms with E-state index >= 15 is 0 Å². The molecule has 2 aromatic rings. The monoisotopic (exact) mass is 333 g/mol. The summed E-state index contributed by atoms with van der Waals surface area (Å²) < 4.78 is 18.7. The molecule has 0 unspecified atom stereocenters. The number of morpholine rings is 1. The fourth-order valence-corrected chi connectivity index (χ4v) is 3.11. The first-order valence-corrected chi connectivity index (χ1v) is 8.34. The van der Waals surface area contributed by atoms with Gasteiger partial charge in [-0.05, 0) is 37.6 Å². The van der Waals surface area contributed by atoms with Gasteiger partial charge in [0.2, 0.25) is 5.91 Å². The Labute approximate surface area is 141 Å². The van der Waals surface area contributed by atoms with Crippen LogP contribution in [-0.4, -0.2) is 55.2 Å². The van der Waals surface area contributed by atoms with E-state index in [4.69, 9.17) is 4.74 Å². The number of nitrogens with one attached hydrogen (secondary N) is 2. The molecular formula is C18H24FN3O2. The second-order valence-electron chi connectivity index (χ2n) is 6.73. The number of hydrogen-bond acceptors (Lipinski definition) is 3. The Bertz CT molecular complexity index is 720. The topological polar surface area (TPSA) is 57.4 Å². The molecule has 1 amide bonds. The van der Waals surface area contributed by atoms with Crippen LogP contribution in [0.5, 0.6) is 0 Å². The molecule has 0 atom stereocenters. The third-order valence-corrected chi connectivity index (χ3v) is 4.70. The van der Waals surface area contributed by atoms with Crippen LogP contribution in [-0.2, 0) is 14.9 Å². The van der Waals surface area contributed by atoms with Crippen LogP contribution >= 0.6 is 0 Å². The smallest absolute Gasteiger partial charge is 0.230 e. The van der Waals surface area contributed by atoms with Gasteiger partial charge in [0.15, 0.2) is 0 Å². The lowest BCUT2D eigenvalue weighted by molar-refractivity contribution is -0.125. The number of H-pyrrole nitrogens is 1. The number of amides is 1. The first-order chi connectivity index (χ1) is 11.5.